The number of hydrogen-bond acceptors (Lipinski definition) is 3. The molecular weight excluding hydrogens is 259 g/mol. The first kappa shape index (κ1) is 12.8. The molecule has 1 amide bonds. The topological polar surface area (TPSA) is 59.0 Å². The monoisotopic (exact) mass is 274 g/mol. The van der Waals surface area contributed by atoms with Crippen molar-refractivity contribution < 1.29 is 9.18 Å². The molecule has 0 radical (unpaired) electrons. The standard InChI is InChI=1S/C14H15FN4O/c1-9-3-2-4-10(15)13(9)14(20)18-12-8-17-11-7-16-5-6-19(11)12/h2-4,8,16H,5-7H2,1H3,(H,18,20). The lowest BCUT2D eigenvalue weighted by molar-refractivity contribution is 0.102. The smallest absolute Gasteiger partial charge is 0.260 e. The lowest BCUT2D eigenvalue weighted by Gasteiger charge is -2.18. The van der Waals surface area contributed by atoms with Gasteiger partial charge in [0, 0.05) is 13.1 Å². The first-order chi connectivity index (χ1) is 9.66. The maximum absolute atomic E-state index is 13.8. The second-order valence-electron chi connectivity index (χ2n) is 4.77. The molecule has 0 bridgehead atoms. The third kappa shape index (κ3) is 2.18. The van der Waals surface area contributed by atoms with Crippen molar-refractivity contribution in [3.8, 4) is 0 Å². The van der Waals surface area contributed by atoms with Crippen LogP contribution < -0.4 is 10.6 Å². The van der Waals surface area contributed by atoms with E-state index >= 15 is 0 Å². The highest BCUT2D eigenvalue weighted by molar-refractivity contribution is 6.05. The van der Waals surface area contributed by atoms with Crippen molar-refractivity contribution in [2.75, 3.05) is 11.9 Å². The van der Waals surface area contributed by atoms with Gasteiger partial charge in [-0.3, -0.25) is 4.79 Å². The quantitative estimate of drug-likeness (QED) is 0.876. The van der Waals surface area contributed by atoms with Gasteiger partial charge in [-0.15, -0.1) is 0 Å². The largest absolute Gasteiger partial charge is 0.312 e. The van der Waals surface area contributed by atoms with Crippen molar-refractivity contribution in [1.82, 2.24) is 14.9 Å². The van der Waals surface area contributed by atoms with E-state index in [9.17, 15) is 9.18 Å². The van der Waals surface area contributed by atoms with Crippen LogP contribution in [0.4, 0.5) is 10.2 Å². The molecule has 2 N–H and O–H groups in total. The summed E-state index contributed by atoms with van der Waals surface area (Å²) in [6, 6.07) is 4.60. The zero-order valence-electron chi connectivity index (χ0n) is 11.1. The Morgan fingerprint density at radius 3 is 3.15 bits per heavy atom. The second-order valence-corrected chi connectivity index (χ2v) is 4.77. The number of fused-ring (bicyclic) bond motifs is 1. The lowest BCUT2D eigenvalue weighted by Crippen LogP contribution is -2.29. The number of aryl methyl sites for hydroxylation is 1. The van der Waals surface area contributed by atoms with Crippen LogP contribution in [0.15, 0.2) is 24.4 Å². The fourth-order valence-corrected chi connectivity index (χ4v) is 2.39. The summed E-state index contributed by atoms with van der Waals surface area (Å²) in [5.74, 6) is 0.523. The number of carbonyl (C=O) groups excluding carboxylic acids is 1. The Hall–Kier alpha value is -2.21. The van der Waals surface area contributed by atoms with Crippen LogP contribution in [0.3, 0.4) is 0 Å². The molecule has 1 aromatic carbocycles. The molecule has 1 aliphatic rings. The van der Waals surface area contributed by atoms with E-state index in [0.29, 0.717) is 17.9 Å². The van der Waals surface area contributed by atoms with E-state index in [4.69, 9.17) is 0 Å². The fourth-order valence-electron chi connectivity index (χ4n) is 2.39. The molecule has 6 heteroatoms. The number of aromatic nitrogens is 2. The van der Waals surface area contributed by atoms with Crippen LogP contribution >= 0.6 is 0 Å². The highest BCUT2D eigenvalue weighted by Crippen LogP contribution is 2.18. The van der Waals surface area contributed by atoms with Gasteiger partial charge in [-0.05, 0) is 18.6 Å². The van der Waals surface area contributed by atoms with Gasteiger partial charge < -0.3 is 15.2 Å². The van der Waals surface area contributed by atoms with E-state index in [-0.39, 0.29) is 5.56 Å². The summed E-state index contributed by atoms with van der Waals surface area (Å²) in [6.07, 6.45) is 1.61. The van der Waals surface area contributed by atoms with Gasteiger partial charge in [0.15, 0.2) is 0 Å². The number of rotatable bonds is 2. The van der Waals surface area contributed by atoms with Gasteiger partial charge in [0.05, 0.1) is 18.3 Å². The molecule has 0 aliphatic carbocycles. The van der Waals surface area contributed by atoms with Crippen LogP contribution in [0.5, 0.6) is 0 Å². The summed E-state index contributed by atoms with van der Waals surface area (Å²) in [4.78, 5) is 16.5. The molecule has 3 rings (SSSR count). The van der Waals surface area contributed by atoms with Crippen molar-refractivity contribution in [3.05, 3.63) is 47.2 Å². The molecule has 2 heterocycles. The van der Waals surface area contributed by atoms with Crippen molar-refractivity contribution in [2.24, 2.45) is 0 Å². The van der Waals surface area contributed by atoms with Crippen molar-refractivity contribution >= 4 is 11.7 Å². The average molecular weight is 274 g/mol. The Morgan fingerprint density at radius 1 is 1.50 bits per heavy atom. The molecule has 0 spiro atoms. The number of imidazole rings is 1. The number of nitrogens with zero attached hydrogens (tertiary/aromatic N) is 2. The maximum Gasteiger partial charge on any atom is 0.260 e. The minimum absolute atomic E-state index is 0.0805. The highest BCUT2D eigenvalue weighted by Gasteiger charge is 2.19. The molecule has 5 nitrogen and oxygen atoms in total. The molecule has 0 saturated carbocycles. The fraction of sp³-hybridized carbons (Fsp3) is 0.286. The number of benzene rings is 1. The number of anilines is 1. The third-order valence-electron chi connectivity index (χ3n) is 3.42. The van der Waals surface area contributed by atoms with Gasteiger partial charge in [0.25, 0.3) is 5.91 Å². The summed E-state index contributed by atoms with van der Waals surface area (Å²) in [5.41, 5.74) is 0.694. The number of amides is 1. The van der Waals surface area contributed by atoms with Crippen LogP contribution in [0.25, 0.3) is 0 Å². The molecule has 0 unspecified atom stereocenters. The van der Waals surface area contributed by atoms with E-state index in [0.717, 1.165) is 18.9 Å². The van der Waals surface area contributed by atoms with Gasteiger partial charge >= 0.3 is 0 Å². The average Bonchev–Trinajstić information content (AvgIpc) is 2.82. The first-order valence-corrected chi connectivity index (χ1v) is 6.48. The Kier molecular flexibility index (Phi) is 3.23. The lowest BCUT2D eigenvalue weighted by atomic mass is 10.1. The molecule has 2 aromatic rings. The Bertz CT molecular complexity index is 645. The van der Waals surface area contributed by atoms with Crippen LogP contribution in [0.1, 0.15) is 21.7 Å². The van der Waals surface area contributed by atoms with Crippen molar-refractivity contribution in [1.29, 1.82) is 0 Å². The van der Waals surface area contributed by atoms with Gasteiger partial charge in [0.1, 0.15) is 17.5 Å². The molecule has 104 valence electrons. The Labute approximate surface area is 115 Å². The Balaban J connectivity index is 1.88. The number of hydrogen-bond donors (Lipinski definition) is 2. The van der Waals surface area contributed by atoms with E-state index in [1.165, 1.54) is 6.07 Å². The third-order valence-corrected chi connectivity index (χ3v) is 3.42. The predicted octanol–water partition coefficient (Wildman–Crippen LogP) is 1.69. The van der Waals surface area contributed by atoms with Crippen LogP contribution in [0.2, 0.25) is 0 Å². The van der Waals surface area contributed by atoms with Gasteiger partial charge in [-0.25, -0.2) is 9.37 Å². The van der Waals surface area contributed by atoms with E-state index in [1.807, 2.05) is 4.57 Å². The SMILES string of the molecule is Cc1cccc(F)c1C(=O)Nc1cnc2n1CCNC2. The van der Waals surface area contributed by atoms with Crippen molar-refractivity contribution in [2.45, 2.75) is 20.0 Å². The summed E-state index contributed by atoms with van der Waals surface area (Å²) in [7, 11) is 0. The zero-order chi connectivity index (χ0) is 14.1. The minimum Gasteiger partial charge on any atom is -0.312 e. The van der Waals surface area contributed by atoms with Gasteiger partial charge in [-0.1, -0.05) is 12.1 Å². The summed E-state index contributed by atoms with van der Waals surface area (Å²) in [5, 5.41) is 5.94. The molecule has 0 saturated heterocycles. The maximum atomic E-state index is 13.8. The van der Waals surface area contributed by atoms with E-state index in [2.05, 4.69) is 15.6 Å². The zero-order valence-corrected chi connectivity index (χ0v) is 11.1. The second kappa shape index (κ2) is 5.05. The number of nitrogens with one attached hydrogen (secondary N) is 2. The summed E-state index contributed by atoms with van der Waals surface area (Å²) < 4.78 is 15.7. The minimum atomic E-state index is -0.512. The number of halogens is 1. The Morgan fingerprint density at radius 2 is 2.35 bits per heavy atom. The summed E-state index contributed by atoms with van der Waals surface area (Å²) >= 11 is 0. The highest BCUT2D eigenvalue weighted by atomic mass is 19.1. The van der Waals surface area contributed by atoms with Gasteiger partial charge in [-0.2, -0.15) is 0 Å². The van der Waals surface area contributed by atoms with E-state index in [1.54, 1.807) is 25.3 Å². The molecule has 0 fully saturated rings. The molecule has 1 aliphatic heterocycles. The molecular formula is C14H15FN4O. The number of carbonyl (C=O) groups is 1. The predicted molar refractivity (Wildman–Crippen MR) is 73.0 cm³/mol. The normalized spacial score (nSPS) is 13.9. The van der Waals surface area contributed by atoms with Crippen molar-refractivity contribution in [3.63, 3.8) is 0 Å². The molecule has 1 aromatic heterocycles. The van der Waals surface area contributed by atoms with Crippen LogP contribution in [-0.2, 0) is 13.1 Å². The van der Waals surface area contributed by atoms with E-state index < -0.39 is 11.7 Å². The molecule has 0 atom stereocenters. The first-order valence-electron chi connectivity index (χ1n) is 6.48. The summed E-state index contributed by atoms with van der Waals surface area (Å²) in [6.45, 7) is 3.95. The van der Waals surface area contributed by atoms with Crippen LogP contribution in [-0.4, -0.2) is 22.0 Å². The van der Waals surface area contributed by atoms with Gasteiger partial charge in [0.2, 0.25) is 0 Å². The van der Waals surface area contributed by atoms with Crippen LogP contribution in [0, 0.1) is 12.7 Å². The molecule has 20 heavy (non-hydrogen) atoms.